The van der Waals surface area contributed by atoms with Crippen molar-refractivity contribution in [1.82, 2.24) is 0 Å². The van der Waals surface area contributed by atoms with E-state index in [0.717, 1.165) is 0 Å². The van der Waals surface area contributed by atoms with Crippen molar-refractivity contribution in [2.75, 3.05) is 0 Å². The summed E-state index contributed by atoms with van der Waals surface area (Å²) in [5, 5.41) is 0. The molecule has 0 radical (unpaired) electrons. The van der Waals surface area contributed by atoms with Gasteiger partial charge in [-0.15, -0.1) is 0 Å². The zero-order valence-corrected chi connectivity index (χ0v) is 12.8. The fourth-order valence-corrected chi connectivity index (χ4v) is 3.01. The number of aryl methyl sites for hydroxylation is 1. The highest BCUT2D eigenvalue weighted by Crippen LogP contribution is 2.40. The predicted octanol–water partition coefficient (Wildman–Crippen LogP) is 4.91. The minimum Gasteiger partial charge on any atom is -0.457 e. The molecule has 2 aromatic rings. The molecule has 0 saturated heterocycles. The number of rotatable bonds is 4. The molecule has 0 saturated carbocycles. The number of benzene rings is 2. The van der Waals surface area contributed by atoms with Crippen LogP contribution in [0.5, 0.6) is 11.5 Å². The third kappa shape index (κ3) is 3.29. The van der Waals surface area contributed by atoms with Gasteiger partial charge >= 0.3 is 5.97 Å². The van der Waals surface area contributed by atoms with E-state index in [2.05, 4.69) is 0 Å². The number of fused-ring (bicyclic) bond motifs is 1. The van der Waals surface area contributed by atoms with E-state index < -0.39 is 17.5 Å². The molecule has 1 heterocycles. The molecular weight excluding hydrogens is 329 g/mol. The lowest BCUT2D eigenvalue weighted by molar-refractivity contribution is 0.0532. The van der Waals surface area contributed by atoms with E-state index in [4.69, 9.17) is 9.47 Å². The largest absolute Gasteiger partial charge is 0.457 e. The number of hydrogen-bond donors (Lipinski definition) is 0. The summed E-state index contributed by atoms with van der Waals surface area (Å²) < 4.78 is 49.1. The van der Waals surface area contributed by atoms with Gasteiger partial charge in [-0.2, -0.15) is 8.78 Å². The first kappa shape index (κ1) is 15.7. The van der Waals surface area contributed by atoms with Crippen molar-refractivity contribution in [3.63, 3.8) is 0 Å². The fraction of sp³-hybridized carbons (Fsp3) is 0.188. The van der Waals surface area contributed by atoms with E-state index in [-0.39, 0.29) is 28.6 Å². The highest BCUT2D eigenvalue weighted by molar-refractivity contribution is 7.99. The Morgan fingerprint density at radius 2 is 2.04 bits per heavy atom. The summed E-state index contributed by atoms with van der Waals surface area (Å²) in [6, 6.07) is 6.99. The molecule has 0 atom stereocenters. The number of ether oxygens (including phenoxy) is 2. The Balaban J connectivity index is 2.00. The van der Waals surface area contributed by atoms with Gasteiger partial charge in [0, 0.05) is 16.5 Å². The molecule has 0 bridgehead atoms. The molecule has 0 aliphatic carbocycles. The normalized spacial score (nSPS) is 13.2. The van der Waals surface area contributed by atoms with E-state index in [1.54, 1.807) is 13.0 Å². The number of alkyl halides is 2. The van der Waals surface area contributed by atoms with E-state index >= 15 is 0 Å². The van der Waals surface area contributed by atoms with Crippen molar-refractivity contribution in [2.24, 2.45) is 0 Å². The molecular formula is C16H11F3O3S. The van der Waals surface area contributed by atoms with E-state index in [1.807, 2.05) is 0 Å². The summed E-state index contributed by atoms with van der Waals surface area (Å²) >= 11 is 0.345. The first-order chi connectivity index (χ1) is 10.9. The molecule has 0 fully saturated rings. The van der Waals surface area contributed by atoms with Gasteiger partial charge in [-0.1, -0.05) is 11.8 Å². The Morgan fingerprint density at radius 1 is 1.26 bits per heavy atom. The Kier molecular flexibility index (Phi) is 4.21. The lowest BCUT2D eigenvalue weighted by Gasteiger charge is -2.11. The maximum Gasteiger partial charge on any atom is 0.342 e. The number of hydrogen-bond acceptors (Lipinski definition) is 4. The van der Waals surface area contributed by atoms with Crippen molar-refractivity contribution in [1.29, 1.82) is 0 Å². The second-order valence-electron chi connectivity index (χ2n) is 4.94. The molecule has 1 aliphatic rings. The van der Waals surface area contributed by atoms with Crippen molar-refractivity contribution in [3.8, 4) is 11.5 Å². The maximum atomic E-state index is 13.4. The predicted molar refractivity (Wildman–Crippen MR) is 78.6 cm³/mol. The van der Waals surface area contributed by atoms with Crippen LogP contribution >= 0.6 is 11.8 Å². The number of thioether (sulfide) groups is 1. The van der Waals surface area contributed by atoms with Gasteiger partial charge in [0.25, 0.3) is 5.76 Å². The minimum absolute atomic E-state index is 0.0808. The Hall–Kier alpha value is -2.15. The topological polar surface area (TPSA) is 35.5 Å². The van der Waals surface area contributed by atoms with Crippen LogP contribution in [0.3, 0.4) is 0 Å². The summed E-state index contributed by atoms with van der Waals surface area (Å²) in [5.41, 5.74) is 1.13. The standard InChI is InChI=1S/C16H11F3O3S/c1-8-4-9(17)6-10(5-8)22-12-2-3-13(23-16(18)19)11-7-21-15(20)14(11)12/h2-6,16H,7H2,1H3. The zero-order valence-electron chi connectivity index (χ0n) is 11.9. The highest BCUT2D eigenvalue weighted by atomic mass is 32.2. The molecule has 0 unspecified atom stereocenters. The number of esters is 1. The van der Waals surface area contributed by atoms with Crippen LogP contribution < -0.4 is 4.74 Å². The van der Waals surface area contributed by atoms with Crippen LogP contribution in [-0.2, 0) is 11.3 Å². The summed E-state index contributed by atoms with van der Waals surface area (Å²) in [7, 11) is 0. The molecule has 3 nitrogen and oxygen atoms in total. The summed E-state index contributed by atoms with van der Waals surface area (Å²) in [5.74, 6) is -3.33. The molecule has 0 aromatic heterocycles. The van der Waals surface area contributed by atoms with Crippen LogP contribution in [0.1, 0.15) is 21.5 Å². The molecule has 0 amide bonds. The maximum absolute atomic E-state index is 13.4. The van der Waals surface area contributed by atoms with Gasteiger partial charge in [0.2, 0.25) is 0 Å². The summed E-state index contributed by atoms with van der Waals surface area (Å²) in [4.78, 5) is 12.1. The van der Waals surface area contributed by atoms with Gasteiger partial charge in [0.1, 0.15) is 29.5 Å². The third-order valence-corrected chi connectivity index (χ3v) is 4.06. The quantitative estimate of drug-likeness (QED) is 0.585. The summed E-state index contributed by atoms with van der Waals surface area (Å²) in [6.45, 7) is 1.62. The minimum atomic E-state index is -2.60. The van der Waals surface area contributed by atoms with Crippen LogP contribution in [0, 0.1) is 12.7 Å². The average molecular weight is 340 g/mol. The van der Waals surface area contributed by atoms with E-state index in [0.29, 0.717) is 22.9 Å². The number of cyclic esters (lactones) is 1. The van der Waals surface area contributed by atoms with Crippen LogP contribution in [-0.4, -0.2) is 11.7 Å². The molecule has 3 rings (SSSR count). The van der Waals surface area contributed by atoms with Crippen LogP contribution in [0.25, 0.3) is 0 Å². The number of carbonyl (C=O) groups excluding carboxylic acids is 1. The second kappa shape index (κ2) is 6.16. The number of carbonyl (C=O) groups is 1. The monoisotopic (exact) mass is 340 g/mol. The Labute approximate surface area is 134 Å². The van der Waals surface area contributed by atoms with E-state index in [1.165, 1.54) is 24.3 Å². The first-order valence-electron chi connectivity index (χ1n) is 6.67. The SMILES string of the molecule is Cc1cc(F)cc(Oc2ccc(SC(F)F)c3c2C(=O)OC3)c1. The molecule has 23 heavy (non-hydrogen) atoms. The van der Waals surface area contributed by atoms with Crippen LogP contribution in [0.15, 0.2) is 35.2 Å². The van der Waals surface area contributed by atoms with Gasteiger partial charge < -0.3 is 9.47 Å². The molecule has 120 valence electrons. The second-order valence-corrected chi connectivity index (χ2v) is 5.97. The average Bonchev–Trinajstić information content (AvgIpc) is 2.83. The van der Waals surface area contributed by atoms with E-state index in [9.17, 15) is 18.0 Å². The molecule has 7 heteroatoms. The van der Waals surface area contributed by atoms with Crippen molar-refractivity contribution in [3.05, 3.63) is 52.8 Å². The Bertz CT molecular complexity index is 757. The zero-order chi connectivity index (χ0) is 16.6. The molecule has 1 aliphatic heterocycles. The molecule has 0 N–H and O–H groups in total. The lowest BCUT2D eigenvalue weighted by Crippen LogP contribution is -1.99. The van der Waals surface area contributed by atoms with Gasteiger partial charge in [0.05, 0.1) is 0 Å². The van der Waals surface area contributed by atoms with Crippen LogP contribution in [0.2, 0.25) is 0 Å². The third-order valence-electron chi connectivity index (χ3n) is 3.24. The number of halogens is 3. The lowest BCUT2D eigenvalue weighted by atomic mass is 10.1. The van der Waals surface area contributed by atoms with Gasteiger partial charge in [-0.05, 0) is 36.8 Å². The summed E-state index contributed by atoms with van der Waals surface area (Å²) in [6.07, 6.45) is 0. The molecule has 0 spiro atoms. The van der Waals surface area contributed by atoms with Crippen LogP contribution in [0.4, 0.5) is 13.2 Å². The smallest absolute Gasteiger partial charge is 0.342 e. The van der Waals surface area contributed by atoms with Crippen molar-refractivity contribution >= 4 is 17.7 Å². The highest BCUT2D eigenvalue weighted by Gasteiger charge is 2.30. The van der Waals surface area contributed by atoms with Gasteiger partial charge in [-0.3, -0.25) is 0 Å². The van der Waals surface area contributed by atoms with Crippen molar-refractivity contribution < 1.29 is 27.4 Å². The van der Waals surface area contributed by atoms with Gasteiger partial charge in [0.15, 0.2) is 0 Å². The molecule has 2 aromatic carbocycles. The van der Waals surface area contributed by atoms with Crippen molar-refractivity contribution in [2.45, 2.75) is 24.2 Å². The fourth-order valence-electron chi connectivity index (χ4n) is 2.36. The Morgan fingerprint density at radius 3 is 2.74 bits per heavy atom. The first-order valence-corrected chi connectivity index (χ1v) is 7.55. The van der Waals surface area contributed by atoms with Gasteiger partial charge in [-0.25, -0.2) is 9.18 Å².